The zero-order chi connectivity index (χ0) is 11.7. The first-order valence-corrected chi connectivity index (χ1v) is 5.55. The Morgan fingerprint density at radius 3 is 2.47 bits per heavy atom. The van der Waals surface area contributed by atoms with Crippen molar-refractivity contribution in [3.63, 3.8) is 0 Å². The van der Waals surface area contributed by atoms with Crippen LogP contribution in [0, 0.1) is 10.8 Å². The van der Waals surface area contributed by atoms with Crippen molar-refractivity contribution in [3.8, 4) is 0 Å². The number of rotatable bonds is 3. The molecule has 0 amide bonds. The monoisotopic (exact) mass is 212 g/mol. The first-order valence-electron chi connectivity index (χ1n) is 5.55. The van der Waals surface area contributed by atoms with Crippen molar-refractivity contribution in [2.75, 3.05) is 0 Å². The van der Waals surface area contributed by atoms with Gasteiger partial charge in [-0.1, -0.05) is 27.2 Å². The van der Waals surface area contributed by atoms with Crippen LogP contribution >= 0.6 is 0 Å². The summed E-state index contributed by atoms with van der Waals surface area (Å²) in [4.78, 5) is 22.7. The van der Waals surface area contributed by atoms with E-state index in [4.69, 9.17) is 5.11 Å². The number of aliphatic carboxylic acids is 1. The molecule has 86 valence electrons. The highest BCUT2D eigenvalue weighted by Gasteiger charge is 2.45. The molecular weight excluding hydrogens is 192 g/mol. The summed E-state index contributed by atoms with van der Waals surface area (Å²) in [6, 6.07) is 0. The molecule has 1 saturated carbocycles. The van der Waals surface area contributed by atoms with Crippen LogP contribution < -0.4 is 0 Å². The summed E-state index contributed by atoms with van der Waals surface area (Å²) in [6.07, 6.45) is 3.36. The zero-order valence-electron chi connectivity index (χ0n) is 9.80. The van der Waals surface area contributed by atoms with Gasteiger partial charge in [-0.2, -0.15) is 0 Å². The number of hydrogen-bond acceptors (Lipinski definition) is 2. The standard InChI is InChI=1S/C12H20O3/c1-11(2)6-4-7-12(3,10(11)15)8-5-9(13)14/h4-8H2,1-3H3,(H,13,14)/t12-/m1/s1. The second-order valence-corrected chi connectivity index (χ2v) is 5.52. The van der Waals surface area contributed by atoms with Gasteiger partial charge in [-0.15, -0.1) is 0 Å². The fourth-order valence-corrected chi connectivity index (χ4v) is 2.59. The molecule has 1 aliphatic carbocycles. The quantitative estimate of drug-likeness (QED) is 0.782. The van der Waals surface area contributed by atoms with Gasteiger partial charge in [0.1, 0.15) is 5.78 Å². The largest absolute Gasteiger partial charge is 0.481 e. The van der Waals surface area contributed by atoms with E-state index in [9.17, 15) is 9.59 Å². The van der Waals surface area contributed by atoms with E-state index in [0.29, 0.717) is 6.42 Å². The Hall–Kier alpha value is -0.860. The van der Waals surface area contributed by atoms with Crippen LogP contribution in [0.2, 0.25) is 0 Å². The fraction of sp³-hybridized carbons (Fsp3) is 0.833. The highest BCUT2D eigenvalue weighted by atomic mass is 16.4. The minimum Gasteiger partial charge on any atom is -0.481 e. The molecule has 15 heavy (non-hydrogen) atoms. The molecule has 0 bridgehead atoms. The molecule has 3 nitrogen and oxygen atoms in total. The Bertz CT molecular complexity index is 281. The van der Waals surface area contributed by atoms with Crippen molar-refractivity contribution in [1.29, 1.82) is 0 Å². The van der Waals surface area contributed by atoms with Crippen LogP contribution in [0.1, 0.15) is 52.9 Å². The molecule has 0 aromatic rings. The molecule has 0 aromatic heterocycles. The molecule has 0 saturated heterocycles. The number of hydrogen-bond donors (Lipinski definition) is 1. The number of carboxylic acids is 1. The lowest BCUT2D eigenvalue weighted by Crippen LogP contribution is -2.42. The van der Waals surface area contributed by atoms with Crippen LogP contribution in [-0.2, 0) is 9.59 Å². The maximum absolute atomic E-state index is 12.2. The van der Waals surface area contributed by atoms with E-state index in [1.807, 2.05) is 20.8 Å². The van der Waals surface area contributed by atoms with Gasteiger partial charge in [-0.3, -0.25) is 9.59 Å². The fourth-order valence-electron chi connectivity index (χ4n) is 2.59. The van der Waals surface area contributed by atoms with Gasteiger partial charge < -0.3 is 5.11 Å². The third kappa shape index (κ3) is 2.58. The normalized spacial score (nSPS) is 30.2. The minimum atomic E-state index is -0.813. The summed E-state index contributed by atoms with van der Waals surface area (Å²) >= 11 is 0. The molecule has 0 aliphatic heterocycles. The summed E-state index contributed by atoms with van der Waals surface area (Å²) in [5, 5.41) is 8.66. The molecule has 0 unspecified atom stereocenters. The molecule has 1 atom stereocenters. The number of Topliss-reactive ketones (excluding diaryl/α,β-unsaturated/α-hetero) is 1. The Balaban J connectivity index is 2.74. The van der Waals surface area contributed by atoms with Crippen molar-refractivity contribution in [2.45, 2.75) is 52.9 Å². The second-order valence-electron chi connectivity index (χ2n) is 5.52. The molecule has 0 spiro atoms. The Morgan fingerprint density at radius 1 is 1.33 bits per heavy atom. The maximum Gasteiger partial charge on any atom is 0.303 e. The first kappa shape index (κ1) is 12.2. The van der Waals surface area contributed by atoms with Gasteiger partial charge in [0.2, 0.25) is 0 Å². The lowest BCUT2D eigenvalue weighted by Gasteiger charge is -2.41. The van der Waals surface area contributed by atoms with Gasteiger partial charge in [0, 0.05) is 17.3 Å². The molecular formula is C12H20O3. The smallest absolute Gasteiger partial charge is 0.303 e. The molecule has 0 heterocycles. The van der Waals surface area contributed by atoms with E-state index in [2.05, 4.69) is 0 Å². The lowest BCUT2D eigenvalue weighted by atomic mass is 9.62. The summed E-state index contributed by atoms with van der Waals surface area (Å²) in [5.41, 5.74) is -0.689. The van der Waals surface area contributed by atoms with E-state index in [0.717, 1.165) is 19.3 Å². The lowest BCUT2D eigenvalue weighted by molar-refractivity contribution is -0.143. The third-order valence-corrected chi connectivity index (χ3v) is 3.58. The summed E-state index contributed by atoms with van der Waals surface area (Å²) in [5.74, 6) is -0.574. The van der Waals surface area contributed by atoms with E-state index in [-0.39, 0.29) is 17.6 Å². The second kappa shape index (κ2) is 3.95. The van der Waals surface area contributed by atoms with Gasteiger partial charge in [-0.05, 0) is 19.3 Å². The molecule has 3 heteroatoms. The van der Waals surface area contributed by atoms with Crippen molar-refractivity contribution < 1.29 is 14.7 Å². The minimum absolute atomic E-state index is 0.0956. The Kier molecular flexibility index (Phi) is 3.22. The number of carboxylic acid groups (broad SMARTS) is 1. The number of carbonyl (C=O) groups excluding carboxylic acids is 1. The van der Waals surface area contributed by atoms with Crippen LogP contribution in [0.15, 0.2) is 0 Å². The van der Waals surface area contributed by atoms with Crippen LogP contribution in [-0.4, -0.2) is 16.9 Å². The van der Waals surface area contributed by atoms with Crippen molar-refractivity contribution in [3.05, 3.63) is 0 Å². The van der Waals surface area contributed by atoms with Gasteiger partial charge in [0.05, 0.1) is 0 Å². The number of carbonyl (C=O) groups is 2. The average molecular weight is 212 g/mol. The van der Waals surface area contributed by atoms with Gasteiger partial charge >= 0.3 is 5.97 Å². The van der Waals surface area contributed by atoms with Gasteiger partial charge in [0.15, 0.2) is 0 Å². The molecule has 1 aliphatic rings. The number of ketones is 1. The van der Waals surface area contributed by atoms with Crippen LogP contribution in [0.3, 0.4) is 0 Å². The Labute approximate surface area is 90.9 Å². The molecule has 1 N–H and O–H groups in total. The van der Waals surface area contributed by atoms with Crippen LogP contribution in [0.5, 0.6) is 0 Å². The van der Waals surface area contributed by atoms with Gasteiger partial charge in [0.25, 0.3) is 0 Å². The highest BCUT2D eigenvalue weighted by molar-refractivity contribution is 5.90. The molecule has 1 fully saturated rings. The SMILES string of the molecule is CC1(C)CCC[C@](C)(CCC(=O)O)C1=O. The summed E-state index contributed by atoms with van der Waals surface area (Å²) in [7, 11) is 0. The highest BCUT2D eigenvalue weighted by Crippen LogP contribution is 2.45. The topological polar surface area (TPSA) is 54.4 Å². The predicted octanol–water partition coefficient (Wildman–Crippen LogP) is 2.64. The van der Waals surface area contributed by atoms with Gasteiger partial charge in [-0.25, -0.2) is 0 Å². The zero-order valence-corrected chi connectivity index (χ0v) is 9.80. The predicted molar refractivity (Wildman–Crippen MR) is 57.6 cm³/mol. The summed E-state index contributed by atoms with van der Waals surface area (Å²) < 4.78 is 0. The van der Waals surface area contributed by atoms with E-state index < -0.39 is 11.4 Å². The van der Waals surface area contributed by atoms with Crippen LogP contribution in [0.4, 0.5) is 0 Å². The third-order valence-electron chi connectivity index (χ3n) is 3.58. The molecule has 1 rings (SSSR count). The first-order chi connectivity index (χ1) is 6.78. The molecule has 0 aromatic carbocycles. The van der Waals surface area contributed by atoms with E-state index in [1.54, 1.807) is 0 Å². The van der Waals surface area contributed by atoms with Crippen LogP contribution in [0.25, 0.3) is 0 Å². The Morgan fingerprint density at radius 2 is 1.93 bits per heavy atom. The maximum atomic E-state index is 12.2. The van der Waals surface area contributed by atoms with E-state index >= 15 is 0 Å². The van der Waals surface area contributed by atoms with Crippen molar-refractivity contribution in [1.82, 2.24) is 0 Å². The average Bonchev–Trinajstić information content (AvgIpc) is 2.11. The molecule has 0 radical (unpaired) electrons. The van der Waals surface area contributed by atoms with Crippen molar-refractivity contribution in [2.24, 2.45) is 10.8 Å². The van der Waals surface area contributed by atoms with Crippen molar-refractivity contribution >= 4 is 11.8 Å². The summed E-state index contributed by atoms with van der Waals surface area (Å²) in [6.45, 7) is 5.85. The van der Waals surface area contributed by atoms with E-state index in [1.165, 1.54) is 0 Å².